The van der Waals surface area contributed by atoms with E-state index in [4.69, 9.17) is 9.88 Å². The summed E-state index contributed by atoms with van der Waals surface area (Å²) in [6.45, 7) is 4.21. The number of thiophene rings is 1. The van der Waals surface area contributed by atoms with Gasteiger partial charge >= 0.3 is 0 Å². The van der Waals surface area contributed by atoms with Crippen LogP contribution in [0.25, 0.3) is 0 Å². The largest absolute Gasteiger partial charge is 0.385 e. The fourth-order valence-corrected chi connectivity index (χ4v) is 7.26. The number of methoxy groups -OCH3 is 1. The lowest BCUT2D eigenvalue weighted by Gasteiger charge is -2.37. The van der Waals surface area contributed by atoms with Crippen LogP contribution in [0.1, 0.15) is 31.9 Å². The van der Waals surface area contributed by atoms with Crippen molar-refractivity contribution in [3.8, 4) is 0 Å². The van der Waals surface area contributed by atoms with Gasteiger partial charge in [-0.25, -0.2) is 22.0 Å². The van der Waals surface area contributed by atoms with Gasteiger partial charge in [-0.15, -0.1) is 11.3 Å². The first-order valence-electron chi connectivity index (χ1n) is 7.96. The number of carbonyl (C=O) groups excluding carboxylic acids is 1. The second-order valence-corrected chi connectivity index (χ2v) is 10.9. The summed E-state index contributed by atoms with van der Waals surface area (Å²) in [6, 6.07) is 0.709. The number of nitrogens with zero attached hydrogens (tertiary/aromatic N) is 2. The van der Waals surface area contributed by atoms with Gasteiger partial charge in [-0.3, -0.25) is 4.79 Å². The Labute approximate surface area is 157 Å². The van der Waals surface area contributed by atoms with E-state index in [1.165, 1.54) is 29.3 Å². The first-order chi connectivity index (χ1) is 12.0. The third-order valence-electron chi connectivity index (χ3n) is 4.17. The third-order valence-corrected chi connectivity index (χ3v) is 9.13. The second kappa shape index (κ2) is 7.90. The molecule has 9 nitrogen and oxygen atoms in total. The number of sulfonamides is 2. The van der Waals surface area contributed by atoms with E-state index >= 15 is 0 Å². The van der Waals surface area contributed by atoms with Crippen LogP contribution in [0.15, 0.2) is 14.5 Å². The monoisotopic (exact) mass is 425 g/mol. The van der Waals surface area contributed by atoms with Gasteiger partial charge in [-0.1, -0.05) is 0 Å². The molecule has 0 saturated carbocycles. The molecule has 0 bridgehead atoms. The number of nitrogens with two attached hydrogens (primary N) is 1. The highest BCUT2D eigenvalue weighted by molar-refractivity contribution is 7.94. The summed E-state index contributed by atoms with van der Waals surface area (Å²) in [4.78, 5) is 13.5. The summed E-state index contributed by atoms with van der Waals surface area (Å²) < 4.78 is 55.2. The topological polar surface area (TPSA) is 127 Å². The Hall–Kier alpha value is -1.05. The summed E-state index contributed by atoms with van der Waals surface area (Å²) in [5.74, 6) is -0.219. The quantitative estimate of drug-likeness (QED) is 0.628. The first kappa shape index (κ1) is 21.3. The van der Waals surface area contributed by atoms with Gasteiger partial charge in [0.25, 0.3) is 10.0 Å². The lowest BCUT2D eigenvalue weighted by atomic mass is 10.1. The van der Waals surface area contributed by atoms with E-state index < -0.39 is 26.1 Å². The van der Waals surface area contributed by atoms with Crippen molar-refractivity contribution < 1.29 is 26.4 Å². The van der Waals surface area contributed by atoms with Crippen molar-refractivity contribution in [2.24, 2.45) is 5.14 Å². The molecule has 2 N–H and O–H groups in total. The number of amides is 1. The van der Waals surface area contributed by atoms with Crippen LogP contribution in [-0.2, 0) is 29.6 Å². The second-order valence-electron chi connectivity index (χ2n) is 5.88. The van der Waals surface area contributed by atoms with E-state index in [1.807, 2.05) is 0 Å². The minimum Gasteiger partial charge on any atom is -0.385 e. The van der Waals surface area contributed by atoms with E-state index in [-0.39, 0.29) is 27.4 Å². The number of carbonyl (C=O) groups is 1. The Kier molecular flexibility index (Phi) is 6.46. The van der Waals surface area contributed by atoms with Crippen molar-refractivity contribution in [3.63, 3.8) is 0 Å². The first-order valence-corrected chi connectivity index (χ1v) is 11.8. The molecule has 1 aromatic heterocycles. The maximum atomic E-state index is 12.9. The van der Waals surface area contributed by atoms with Crippen LogP contribution in [0.2, 0.25) is 0 Å². The van der Waals surface area contributed by atoms with Crippen molar-refractivity contribution >= 4 is 37.3 Å². The van der Waals surface area contributed by atoms with Crippen molar-refractivity contribution in [3.05, 3.63) is 11.6 Å². The zero-order valence-corrected chi connectivity index (χ0v) is 17.3. The van der Waals surface area contributed by atoms with Crippen LogP contribution in [0.3, 0.4) is 0 Å². The van der Waals surface area contributed by atoms with Crippen LogP contribution in [-0.4, -0.2) is 65.3 Å². The van der Waals surface area contributed by atoms with Crippen LogP contribution in [0.5, 0.6) is 0 Å². The summed E-state index contributed by atoms with van der Waals surface area (Å²) >= 11 is 0.624. The Morgan fingerprint density at radius 3 is 2.65 bits per heavy atom. The number of hydrogen-bond donors (Lipinski definition) is 1. The summed E-state index contributed by atoms with van der Waals surface area (Å²) in [7, 11) is -6.39. The van der Waals surface area contributed by atoms with E-state index in [0.717, 1.165) is 0 Å². The maximum Gasteiger partial charge on any atom is 0.253 e. The Morgan fingerprint density at radius 1 is 1.50 bits per heavy atom. The smallest absolute Gasteiger partial charge is 0.253 e. The molecule has 148 valence electrons. The van der Waals surface area contributed by atoms with E-state index in [0.29, 0.717) is 36.5 Å². The van der Waals surface area contributed by atoms with Crippen molar-refractivity contribution in [1.29, 1.82) is 0 Å². The molecule has 1 amide bonds. The van der Waals surface area contributed by atoms with Crippen LogP contribution >= 0.6 is 11.3 Å². The maximum absolute atomic E-state index is 12.9. The molecule has 2 rings (SSSR count). The Balaban J connectivity index is 2.58. The molecule has 2 heterocycles. The van der Waals surface area contributed by atoms with Crippen molar-refractivity contribution in [2.45, 2.75) is 34.7 Å². The molecule has 12 heteroatoms. The van der Waals surface area contributed by atoms with Gasteiger partial charge in [0.15, 0.2) is 0 Å². The number of rotatable bonds is 7. The molecule has 1 aliphatic rings. The fourth-order valence-electron chi connectivity index (χ4n) is 2.97. The average Bonchev–Trinajstić information content (AvgIpc) is 2.98. The molecule has 0 aliphatic carbocycles. The normalized spacial score (nSPS) is 19.9. The van der Waals surface area contributed by atoms with Gasteiger partial charge in [0.1, 0.15) is 8.42 Å². The number of fused-ring (bicyclic) bond motifs is 1. The molecule has 0 aromatic carbocycles. The van der Waals surface area contributed by atoms with Crippen LogP contribution in [0, 0.1) is 0 Å². The molecular weight excluding hydrogens is 402 g/mol. The standard InChI is InChI=1S/C14H23N3O6S3/c1-4-17(10(2)18)12-9-16(6-5-7-23-3)26(21,22)14-11(12)8-13(24-14)25(15,19)20/h8,12H,4-7,9H2,1-3H3,(H2,15,19,20). The molecule has 0 radical (unpaired) electrons. The Bertz CT molecular complexity index is 878. The van der Waals surface area contributed by atoms with Gasteiger partial charge < -0.3 is 9.64 Å². The highest BCUT2D eigenvalue weighted by Gasteiger charge is 2.42. The van der Waals surface area contributed by atoms with Crippen LogP contribution < -0.4 is 5.14 Å². The lowest BCUT2D eigenvalue weighted by molar-refractivity contribution is -0.131. The summed E-state index contributed by atoms with van der Waals surface area (Å²) in [5, 5.41) is 5.18. The highest BCUT2D eigenvalue weighted by Crippen LogP contribution is 2.42. The summed E-state index contributed by atoms with van der Waals surface area (Å²) in [6.07, 6.45) is 0.484. The molecule has 1 atom stereocenters. The summed E-state index contributed by atoms with van der Waals surface area (Å²) in [5.41, 5.74) is 0.305. The number of ether oxygens (including phenoxy) is 1. The minimum absolute atomic E-state index is 0.0628. The van der Waals surface area contributed by atoms with Gasteiger partial charge in [-0.2, -0.15) is 4.31 Å². The predicted octanol–water partition coefficient (Wildman–Crippen LogP) is 0.346. The molecule has 0 saturated heterocycles. The van der Waals surface area contributed by atoms with Crippen LogP contribution in [0.4, 0.5) is 0 Å². The molecule has 1 aromatic rings. The predicted molar refractivity (Wildman–Crippen MR) is 96.7 cm³/mol. The Morgan fingerprint density at radius 2 is 2.15 bits per heavy atom. The minimum atomic E-state index is -4.05. The number of primary sulfonamides is 1. The molecule has 0 spiro atoms. The molecule has 26 heavy (non-hydrogen) atoms. The number of hydrogen-bond acceptors (Lipinski definition) is 7. The fraction of sp³-hybridized carbons (Fsp3) is 0.643. The van der Waals surface area contributed by atoms with E-state index in [9.17, 15) is 21.6 Å². The van der Waals surface area contributed by atoms with E-state index in [1.54, 1.807) is 6.92 Å². The zero-order valence-electron chi connectivity index (χ0n) is 14.8. The molecular formula is C14H23N3O6S3. The molecule has 1 unspecified atom stereocenters. The highest BCUT2D eigenvalue weighted by atomic mass is 32.3. The van der Waals surface area contributed by atoms with E-state index in [2.05, 4.69) is 0 Å². The zero-order chi connectivity index (χ0) is 19.7. The van der Waals surface area contributed by atoms with Crippen molar-refractivity contribution in [1.82, 2.24) is 9.21 Å². The van der Waals surface area contributed by atoms with Gasteiger partial charge in [0.05, 0.1) is 6.04 Å². The van der Waals surface area contributed by atoms with Gasteiger partial charge in [-0.05, 0) is 19.4 Å². The molecule has 0 fully saturated rings. The third kappa shape index (κ3) is 4.10. The SMILES string of the molecule is CCN(C(C)=O)C1CN(CCCOC)S(=O)(=O)c2sc(S(N)(=O)=O)cc21. The van der Waals surface area contributed by atoms with Gasteiger partial charge in [0.2, 0.25) is 15.9 Å². The molecule has 1 aliphatic heterocycles. The number of likely N-dealkylation sites (N-methyl/N-ethyl adjacent to an activating group) is 1. The van der Waals surface area contributed by atoms with Crippen molar-refractivity contribution in [2.75, 3.05) is 33.4 Å². The average molecular weight is 426 g/mol. The van der Waals surface area contributed by atoms with Gasteiger partial charge in [0, 0.05) is 45.8 Å². The lowest BCUT2D eigenvalue weighted by Crippen LogP contribution is -2.46.